The molecule has 5 heteroatoms. The molecule has 2 unspecified atom stereocenters. The second-order valence-electron chi connectivity index (χ2n) is 6.81. The quantitative estimate of drug-likeness (QED) is 0.833. The normalized spacial score (nSPS) is 14.0. The molecule has 0 aliphatic rings. The van der Waals surface area contributed by atoms with Crippen molar-refractivity contribution in [3.05, 3.63) is 71.3 Å². The van der Waals surface area contributed by atoms with Gasteiger partial charge in [-0.3, -0.25) is 4.79 Å². The molecule has 25 heavy (non-hydrogen) atoms. The second kappa shape index (κ2) is 7.74. The fourth-order valence-electron chi connectivity index (χ4n) is 2.62. The molecule has 0 aliphatic carbocycles. The summed E-state index contributed by atoms with van der Waals surface area (Å²) in [6.45, 7) is 5.32. The standard InChI is InChI=1S/C20H23F2NO2/c1-13(12-18(24)14-4-8-16(21)9-5-14)23-19(25)20(2,3)15-6-10-17(22)11-7-15/h4-11,13,18,24H,12H2,1-3H3,(H,23,25). The predicted octanol–water partition coefficient (Wildman–Crippen LogP) is 3.87. The first-order valence-corrected chi connectivity index (χ1v) is 8.20. The van der Waals surface area contributed by atoms with Gasteiger partial charge < -0.3 is 10.4 Å². The Morgan fingerprint density at radius 2 is 1.52 bits per heavy atom. The van der Waals surface area contributed by atoms with Crippen LogP contribution in [0.5, 0.6) is 0 Å². The van der Waals surface area contributed by atoms with Gasteiger partial charge >= 0.3 is 0 Å². The smallest absolute Gasteiger partial charge is 0.230 e. The summed E-state index contributed by atoms with van der Waals surface area (Å²) >= 11 is 0. The third-order valence-corrected chi connectivity index (χ3v) is 4.34. The molecule has 3 nitrogen and oxygen atoms in total. The van der Waals surface area contributed by atoms with Gasteiger partial charge in [-0.2, -0.15) is 0 Å². The molecule has 0 fully saturated rings. The van der Waals surface area contributed by atoms with Gasteiger partial charge in [-0.25, -0.2) is 8.78 Å². The summed E-state index contributed by atoms with van der Waals surface area (Å²) in [6.07, 6.45) is -0.499. The van der Waals surface area contributed by atoms with Gasteiger partial charge in [0.1, 0.15) is 11.6 Å². The zero-order chi connectivity index (χ0) is 18.6. The van der Waals surface area contributed by atoms with Crippen LogP contribution in [0.2, 0.25) is 0 Å². The Labute approximate surface area is 146 Å². The van der Waals surface area contributed by atoms with Crippen LogP contribution in [0.15, 0.2) is 48.5 Å². The molecule has 2 N–H and O–H groups in total. The number of benzene rings is 2. The molecule has 134 valence electrons. The van der Waals surface area contributed by atoms with Gasteiger partial charge in [0.05, 0.1) is 11.5 Å². The van der Waals surface area contributed by atoms with E-state index >= 15 is 0 Å². The van der Waals surface area contributed by atoms with E-state index in [0.717, 1.165) is 0 Å². The van der Waals surface area contributed by atoms with Gasteiger partial charge in [0.2, 0.25) is 5.91 Å². The van der Waals surface area contributed by atoms with Crippen LogP contribution >= 0.6 is 0 Å². The van der Waals surface area contributed by atoms with Crippen molar-refractivity contribution in [2.75, 3.05) is 0 Å². The van der Waals surface area contributed by atoms with E-state index in [1.165, 1.54) is 36.4 Å². The highest BCUT2D eigenvalue weighted by Crippen LogP contribution is 2.25. The molecule has 0 aliphatic heterocycles. The van der Waals surface area contributed by atoms with Gasteiger partial charge in [-0.15, -0.1) is 0 Å². The Hall–Kier alpha value is -2.27. The highest BCUT2D eigenvalue weighted by Gasteiger charge is 2.31. The third kappa shape index (κ3) is 4.86. The fourth-order valence-corrected chi connectivity index (χ4v) is 2.62. The van der Waals surface area contributed by atoms with E-state index in [1.54, 1.807) is 32.9 Å². The zero-order valence-electron chi connectivity index (χ0n) is 14.6. The Morgan fingerprint density at radius 3 is 2.04 bits per heavy atom. The number of carbonyl (C=O) groups excluding carboxylic acids is 1. The lowest BCUT2D eigenvalue weighted by molar-refractivity contribution is -0.126. The second-order valence-corrected chi connectivity index (χ2v) is 6.81. The Balaban J connectivity index is 1.98. The van der Waals surface area contributed by atoms with Crippen LogP contribution in [-0.4, -0.2) is 17.1 Å². The third-order valence-electron chi connectivity index (χ3n) is 4.34. The van der Waals surface area contributed by atoms with E-state index in [2.05, 4.69) is 5.32 Å². The fraction of sp³-hybridized carbons (Fsp3) is 0.350. The first-order valence-electron chi connectivity index (χ1n) is 8.20. The molecule has 1 amide bonds. The highest BCUT2D eigenvalue weighted by molar-refractivity contribution is 5.87. The number of hydrogen-bond donors (Lipinski definition) is 2. The molecule has 2 aromatic carbocycles. The molecule has 0 radical (unpaired) electrons. The topological polar surface area (TPSA) is 49.3 Å². The molecule has 2 atom stereocenters. The van der Waals surface area contributed by atoms with E-state index in [0.29, 0.717) is 17.5 Å². The molecule has 2 rings (SSSR count). The minimum absolute atomic E-state index is 0.210. The summed E-state index contributed by atoms with van der Waals surface area (Å²) in [7, 11) is 0. The monoisotopic (exact) mass is 347 g/mol. The van der Waals surface area contributed by atoms with E-state index in [4.69, 9.17) is 0 Å². The average molecular weight is 347 g/mol. The summed E-state index contributed by atoms with van der Waals surface area (Å²) < 4.78 is 26.0. The molecular weight excluding hydrogens is 324 g/mol. The largest absolute Gasteiger partial charge is 0.388 e. The van der Waals surface area contributed by atoms with Crippen LogP contribution in [-0.2, 0) is 10.2 Å². The van der Waals surface area contributed by atoms with E-state index in [-0.39, 0.29) is 23.6 Å². The number of halogens is 2. The maximum atomic E-state index is 13.1. The van der Waals surface area contributed by atoms with Crippen LogP contribution in [0.25, 0.3) is 0 Å². The summed E-state index contributed by atoms with van der Waals surface area (Å²) in [4.78, 5) is 12.6. The number of rotatable bonds is 6. The molecule has 2 aromatic rings. The number of hydrogen-bond acceptors (Lipinski definition) is 2. The first kappa shape index (κ1) is 19.1. The molecular formula is C20H23F2NO2. The molecule has 0 saturated carbocycles. The number of amides is 1. The Kier molecular flexibility index (Phi) is 5.90. The van der Waals surface area contributed by atoms with Crippen molar-refractivity contribution in [3.63, 3.8) is 0 Å². The number of nitrogens with one attached hydrogen (secondary N) is 1. The van der Waals surface area contributed by atoms with Crippen molar-refractivity contribution in [2.45, 2.75) is 44.8 Å². The van der Waals surface area contributed by atoms with Crippen LogP contribution in [0.4, 0.5) is 8.78 Å². The lowest BCUT2D eigenvalue weighted by Crippen LogP contribution is -2.44. The number of aliphatic hydroxyl groups is 1. The van der Waals surface area contributed by atoms with Crippen molar-refractivity contribution < 1.29 is 18.7 Å². The zero-order valence-corrected chi connectivity index (χ0v) is 14.6. The summed E-state index contributed by atoms with van der Waals surface area (Å²) in [5.74, 6) is -0.924. The summed E-state index contributed by atoms with van der Waals surface area (Å²) in [5, 5.41) is 13.1. The van der Waals surface area contributed by atoms with Gasteiger partial charge in [-0.05, 0) is 62.6 Å². The van der Waals surface area contributed by atoms with Gasteiger partial charge in [0.25, 0.3) is 0 Å². The van der Waals surface area contributed by atoms with Crippen molar-refractivity contribution in [1.82, 2.24) is 5.32 Å². The molecule has 0 aromatic heterocycles. The SMILES string of the molecule is CC(CC(O)c1ccc(F)cc1)NC(=O)C(C)(C)c1ccc(F)cc1. The van der Waals surface area contributed by atoms with Crippen LogP contribution in [0.1, 0.15) is 44.4 Å². The van der Waals surface area contributed by atoms with Crippen molar-refractivity contribution >= 4 is 5.91 Å². The maximum absolute atomic E-state index is 13.1. The Bertz CT molecular complexity index is 711. The van der Waals surface area contributed by atoms with Crippen molar-refractivity contribution in [3.8, 4) is 0 Å². The van der Waals surface area contributed by atoms with Crippen LogP contribution in [0, 0.1) is 11.6 Å². The van der Waals surface area contributed by atoms with Gasteiger partial charge in [0, 0.05) is 6.04 Å². The van der Waals surface area contributed by atoms with E-state index in [1.807, 2.05) is 0 Å². The minimum atomic E-state index is -0.831. The molecule has 0 bridgehead atoms. The van der Waals surface area contributed by atoms with Crippen molar-refractivity contribution in [1.29, 1.82) is 0 Å². The first-order chi connectivity index (χ1) is 11.7. The minimum Gasteiger partial charge on any atom is -0.388 e. The van der Waals surface area contributed by atoms with Gasteiger partial charge in [-0.1, -0.05) is 24.3 Å². The lowest BCUT2D eigenvalue weighted by atomic mass is 9.83. The number of aliphatic hydroxyl groups excluding tert-OH is 1. The van der Waals surface area contributed by atoms with E-state index in [9.17, 15) is 18.7 Å². The lowest BCUT2D eigenvalue weighted by Gasteiger charge is -2.27. The summed E-state index contributed by atoms with van der Waals surface area (Å²) in [6, 6.07) is 11.2. The van der Waals surface area contributed by atoms with E-state index < -0.39 is 11.5 Å². The maximum Gasteiger partial charge on any atom is 0.230 e. The van der Waals surface area contributed by atoms with Crippen LogP contribution < -0.4 is 5.32 Å². The summed E-state index contributed by atoms with van der Waals surface area (Å²) in [5.41, 5.74) is 0.473. The molecule has 0 spiro atoms. The average Bonchev–Trinajstić information content (AvgIpc) is 2.55. The predicted molar refractivity (Wildman–Crippen MR) is 93.0 cm³/mol. The highest BCUT2D eigenvalue weighted by atomic mass is 19.1. The molecule has 0 saturated heterocycles. The molecule has 0 heterocycles. The van der Waals surface area contributed by atoms with Crippen LogP contribution in [0.3, 0.4) is 0 Å². The van der Waals surface area contributed by atoms with Crippen molar-refractivity contribution in [2.24, 2.45) is 0 Å². The number of carbonyl (C=O) groups is 1. The van der Waals surface area contributed by atoms with Gasteiger partial charge in [0.15, 0.2) is 0 Å². The Morgan fingerprint density at radius 1 is 1.04 bits per heavy atom.